The fourth-order valence-electron chi connectivity index (χ4n) is 3.60. The Morgan fingerprint density at radius 1 is 0.969 bits per heavy atom. The lowest BCUT2D eigenvalue weighted by Gasteiger charge is -2.13. The molecule has 0 fully saturated rings. The summed E-state index contributed by atoms with van der Waals surface area (Å²) in [6, 6.07) is 25.3. The second-order valence-corrected chi connectivity index (χ2v) is 8.34. The molecule has 0 saturated carbocycles. The van der Waals surface area contributed by atoms with Crippen LogP contribution in [0.5, 0.6) is 0 Å². The van der Waals surface area contributed by atoms with E-state index >= 15 is 0 Å². The average molecular weight is 449 g/mol. The molecule has 4 aromatic rings. The van der Waals surface area contributed by atoms with E-state index in [2.05, 4.69) is 36.5 Å². The fraction of sp³-hybridized carbons (Fsp3) is 0.231. The smallest absolute Gasteiger partial charge is 0.124 e. The number of hydrogen-bond donors (Lipinski definition) is 1. The van der Waals surface area contributed by atoms with E-state index in [1.54, 1.807) is 10.9 Å². The third-order valence-corrected chi connectivity index (χ3v) is 5.78. The lowest BCUT2D eigenvalue weighted by atomic mass is 10.1. The number of rotatable bonds is 9. The molecule has 164 valence electrons. The third-order valence-electron chi connectivity index (χ3n) is 5.43. The summed E-state index contributed by atoms with van der Waals surface area (Å²) in [4.78, 5) is 1.63. The van der Waals surface area contributed by atoms with Crippen molar-refractivity contribution in [1.82, 2.24) is 20.3 Å². The molecule has 0 spiro atoms. The minimum atomic E-state index is -0.355. The molecule has 0 aliphatic heterocycles. The quantitative estimate of drug-likeness (QED) is 0.347. The zero-order valence-electron chi connectivity index (χ0n) is 18.0. The highest BCUT2D eigenvalue weighted by Crippen LogP contribution is 2.22. The molecular formula is C26H26ClFN4. The standard InChI is InChI=1S/C26H26ClFN4/c1-19(12-13-20-8-4-2-5-9-20)29-17-25-26(21-10-6-3-7-11-21)31-32(30-25)18-22-14-15-23(28)16-24(22)27/h2-11,14-16,19,29H,12-13,17-18H2,1H3/t19-/m1/s1. The van der Waals surface area contributed by atoms with Crippen molar-refractivity contribution in [3.05, 3.63) is 107 Å². The Balaban J connectivity index is 1.48. The normalized spacial score (nSPS) is 12.1. The Labute approximate surface area is 193 Å². The van der Waals surface area contributed by atoms with Gasteiger partial charge in [-0.3, -0.25) is 0 Å². The Morgan fingerprint density at radius 2 is 1.69 bits per heavy atom. The lowest BCUT2D eigenvalue weighted by Crippen LogP contribution is -2.26. The minimum Gasteiger partial charge on any atom is -0.309 e. The second kappa shape index (κ2) is 10.5. The summed E-state index contributed by atoms with van der Waals surface area (Å²) in [6.45, 7) is 3.17. The molecule has 4 rings (SSSR count). The van der Waals surface area contributed by atoms with Gasteiger partial charge in [0.25, 0.3) is 0 Å². The number of hydrogen-bond acceptors (Lipinski definition) is 3. The van der Waals surface area contributed by atoms with E-state index in [0.29, 0.717) is 24.2 Å². The molecule has 32 heavy (non-hydrogen) atoms. The van der Waals surface area contributed by atoms with E-state index in [9.17, 15) is 4.39 Å². The predicted molar refractivity (Wildman–Crippen MR) is 127 cm³/mol. The van der Waals surface area contributed by atoms with Crippen LogP contribution in [0.1, 0.15) is 30.2 Å². The zero-order valence-corrected chi connectivity index (χ0v) is 18.8. The van der Waals surface area contributed by atoms with Gasteiger partial charge >= 0.3 is 0 Å². The number of nitrogens with one attached hydrogen (secondary N) is 1. The summed E-state index contributed by atoms with van der Waals surface area (Å²) in [5.74, 6) is -0.355. The van der Waals surface area contributed by atoms with Crippen LogP contribution in [0.2, 0.25) is 5.02 Å². The Bertz CT molecular complexity index is 1150. The van der Waals surface area contributed by atoms with Crippen LogP contribution in [0.4, 0.5) is 4.39 Å². The number of benzene rings is 3. The van der Waals surface area contributed by atoms with E-state index in [4.69, 9.17) is 21.8 Å². The Hall–Kier alpha value is -3.02. The summed E-state index contributed by atoms with van der Waals surface area (Å²) in [5, 5.41) is 13.4. The first-order valence-electron chi connectivity index (χ1n) is 10.8. The van der Waals surface area contributed by atoms with Crippen molar-refractivity contribution in [2.45, 2.75) is 38.9 Å². The van der Waals surface area contributed by atoms with Crippen LogP contribution in [0.3, 0.4) is 0 Å². The number of aryl methyl sites for hydroxylation is 1. The molecule has 1 N–H and O–H groups in total. The number of aromatic nitrogens is 3. The summed E-state index contributed by atoms with van der Waals surface area (Å²) < 4.78 is 13.4. The van der Waals surface area contributed by atoms with Gasteiger partial charge in [0.15, 0.2) is 0 Å². The molecule has 1 aromatic heterocycles. The van der Waals surface area contributed by atoms with Gasteiger partial charge in [-0.25, -0.2) is 4.39 Å². The van der Waals surface area contributed by atoms with Crippen LogP contribution < -0.4 is 5.32 Å². The van der Waals surface area contributed by atoms with Crippen LogP contribution in [0, 0.1) is 5.82 Å². The first kappa shape index (κ1) is 22.2. The molecule has 0 radical (unpaired) electrons. The first-order valence-corrected chi connectivity index (χ1v) is 11.2. The van der Waals surface area contributed by atoms with E-state index in [-0.39, 0.29) is 5.82 Å². The maximum Gasteiger partial charge on any atom is 0.124 e. The summed E-state index contributed by atoms with van der Waals surface area (Å²) in [6.07, 6.45) is 2.06. The molecule has 6 heteroatoms. The van der Waals surface area contributed by atoms with E-state index in [1.807, 2.05) is 36.4 Å². The van der Waals surface area contributed by atoms with Crippen molar-refractivity contribution in [3.63, 3.8) is 0 Å². The van der Waals surface area contributed by atoms with Gasteiger partial charge in [0, 0.05) is 23.2 Å². The maximum absolute atomic E-state index is 13.4. The highest BCUT2D eigenvalue weighted by atomic mass is 35.5. The minimum absolute atomic E-state index is 0.329. The van der Waals surface area contributed by atoms with Crippen LogP contribution in [0.25, 0.3) is 11.3 Å². The van der Waals surface area contributed by atoms with Crippen molar-refractivity contribution in [2.24, 2.45) is 0 Å². The monoisotopic (exact) mass is 448 g/mol. The topological polar surface area (TPSA) is 42.7 Å². The molecule has 0 unspecified atom stereocenters. The Kier molecular flexibility index (Phi) is 7.30. The van der Waals surface area contributed by atoms with Crippen molar-refractivity contribution < 1.29 is 4.39 Å². The molecule has 4 nitrogen and oxygen atoms in total. The molecular weight excluding hydrogens is 423 g/mol. The van der Waals surface area contributed by atoms with Gasteiger partial charge in [0.05, 0.1) is 6.54 Å². The molecule has 0 bridgehead atoms. The molecule has 3 aromatic carbocycles. The molecule has 1 atom stereocenters. The van der Waals surface area contributed by atoms with Crippen molar-refractivity contribution in [2.75, 3.05) is 0 Å². The van der Waals surface area contributed by atoms with Crippen LogP contribution in [-0.2, 0) is 19.5 Å². The molecule has 1 heterocycles. The highest BCUT2D eigenvalue weighted by molar-refractivity contribution is 6.31. The molecule has 0 amide bonds. The van der Waals surface area contributed by atoms with Crippen LogP contribution in [-0.4, -0.2) is 21.0 Å². The number of halogens is 2. The van der Waals surface area contributed by atoms with Crippen molar-refractivity contribution in [1.29, 1.82) is 0 Å². The van der Waals surface area contributed by atoms with E-state index in [1.165, 1.54) is 17.7 Å². The van der Waals surface area contributed by atoms with Gasteiger partial charge in [-0.05, 0) is 43.0 Å². The Morgan fingerprint density at radius 3 is 2.41 bits per heavy atom. The predicted octanol–water partition coefficient (Wildman–Crippen LogP) is 5.90. The van der Waals surface area contributed by atoms with Gasteiger partial charge < -0.3 is 5.32 Å². The van der Waals surface area contributed by atoms with Crippen LogP contribution >= 0.6 is 11.6 Å². The second-order valence-electron chi connectivity index (χ2n) is 7.93. The highest BCUT2D eigenvalue weighted by Gasteiger charge is 2.15. The lowest BCUT2D eigenvalue weighted by molar-refractivity contribution is 0.503. The van der Waals surface area contributed by atoms with Gasteiger partial charge in [0.1, 0.15) is 17.2 Å². The third kappa shape index (κ3) is 5.81. The summed E-state index contributed by atoms with van der Waals surface area (Å²) in [5.41, 5.74) is 4.84. The summed E-state index contributed by atoms with van der Waals surface area (Å²) >= 11 is 6.21. The van der Waals surface area contributed by atoms with E-state index in [0.717, 1.165) is 35.4 Å². The van der Waals surface area contributed by atoms with Crippen molar-refractivity contribution in [3.8, 4) is 11.3 Å². The van der Waals surface area contributed by atoms with Crippen molar-refractivity contribution >= 4 is 11.6 Å². The molecule has 0 aliphatic carbocycles. The SMILES string of the molecule is C[C@H](CCc1ccccc1)NCc1nn(Cc2ccc(F)cc2Cl)nc1-c1ccccc1. The zero-order chi connectivity index (χ0) is 22.3. The maximum atomic E-state index is 13.4. The molecule has 0 aliphatic rings. The summed E-state index contributed by atoms with van der Waals surface area (Å²) in [7, 11) is 0. The van der Waals surface area contributed by atoms with Gasteiger partial charge in [-0.1, -0.05) is 78.3 Å². The van der Waals surface area contributed by atoms with E-state index < -0.39 is 0 Å². The van der Waals surface area contributed by atoms with Crippen LogP contribution in [0.15, 0.2) is 78.9 Å². The number of nitrogens with zero attached hydrogens (tertiary/aromatic N) is 3. The fourth-order valence-corrected chi connectivity index (χ4v) is 3.82. The molecule has 0 saturated heterocycles. The first-order chi connectivity index (χ1) is 15.6. The van der Waals surface area contributed by atoms with Gasteiger partial charge in [-0.15, -0.1) is 0 Å². The van der Waals surface area contributed by atoms with Gasteiger partial charge in [0.2, 0.25) is 0 Å². The van der Waals surface area contributed by atoms with Gasteiger partial charge in [-0.2, -0.15) is 15.0 Å². The largest absolute Gasteiger partial charge is 0.309 e. The average Bonchev–Trinajstić information content (AvgIpc) is 3.22.